The van der Waals surface area contributed by atoms with Crippen LogP contribution in [0.5, 0.6) is 0 Å². The minimum atomic E-state index is -0.451. The maximum absolute atomic E-state index is 12.2. The molecular weight excluding hydrogens is 298 g/mol. The van der Waals surface area contributed by atoms with Crippen molar-refractivity contribution in [3.8, 4) is 0 Å². The summed E-state index contributed by atoms with van der Waals surface area (Å²) in [6, 6.07) is 9.40. The number of benzene rings is 1. The summed E-state index contributed by atoms with van der Waals surface area (Å²) >= 11 is 0. The largest absolute Gasteiger partial charge is 0.466 e. The average Bonchev–Trinajstić information content (AvgIpc) is 2.58. The molecule has 0 N–H and O–H groups in total. The van der Waals surface area contributed by atoms with Crippen LogP contribution in [0, 0.1) is 11.8 Å². The fourth-order valence-electron chi connectivity index (χ4n) is 2.66. The highest BCUT2D eigenvalue weighted by atomic mass is 16.6. The lowest BCUT2D eigenvalue weighted by Crippen LogP contribution is -2.46. The Morgan fingerprint density at radius 1 is 1.22 bits per heavy atom. The predicted molar refractivity (Wildman–Crippen MR) is 82.5 cm³/mol. The minimum Gasteiger partial charge on any atom is -0.466 e. The van der Waals surface area contributed by atoms with E-state index < -0.39 is 6.09 Å². The van der Waals surface area contributed by atoms with Gasteiger partial charge in [0, 0.05) is 31.8 Å². The molecule has 1 aromatic rings. The van der Waals surface area contributed by atoms with Gasteiger partial charge in [0.15, 0.2) is 0 Å². The number of amides is 1. The number of hydrogen-bond donors (Lipinski definition) is 0. The number of carbonyl (C=O) groups excluding carboxylic acids is 3. The molecule has 0 aliphatic carbocycles. The predicted octanol–water partition coefficient (Wildman–Crippen LogP) is 2.02. The zero-order valence-electron chi connectivity index (χ0n) is 13.1. The Morgan fingerprint density at radius 3 is 2.61 bits per heavy atom. The molecule has 0 saturated carbocycles. The van der Waals surface area contributed by atoms with E-state index in [1.54, 1.807) is 0 Å². The molecule has 0 unspecified atom stereocenters. The third-order valence-electron chi connectivity index (χ3n) is 3.75. The lowest BCUT2D eigenvalue weighted by atomic mass is 9.91. The topological polar surface area (TPSA) is 72.9 Å². The average molecular weight is 319 g/mol. The molecule has 0 radical (unpaired) electrons. The van der Waals surface area contributed by atoms with Crippen molar-refractivity contribution in [2.24, 2.45) is 11.8 Å². The van der Waals surface area contributed by atoms with Crippen LogP contribution in [-0.4, -0.2) is 42.9 Å². The number of carbonyl (C=O) groups is 3. The van der Waals surface area contributed by atoms with Crippen LogP contribution in [0.25, 0.3) is 0 Å². The maximum atomic E-state index is 12.2. The van der Waals surface area contributed by atoms with Crippen molar-refractivity contribution >= 4 is 18.3 Å². The zero-order chi connectivity index (χ0) is 16.7. The Bertz CT molecular complexity index is 545. The molecule has 1 fully saturated rings. The Kier molecular flexibility index (Phi) is 6.14. The van der Waals surface area contributed by atoms with Crippen LogP contribution in [0.1, 0.15) is 18.9 Å². The van der Waals surface area contributed by atoms with Gasteiger partial charge >= 0.3 is 12.1 Å². The molecule has 124 valence electrons. The second kappa shape index (κ2) is 8.31. The first kappa shape index (κ1) is 17.0. The van der Waals surface area contributed by atoms with E-state index in [-0.39, 0.29) is 31.0 Å². The third kappa shape index (κ3) is 5.39. The fourth-order valence-corrected chi connectivity index (χ4v) is 2.66. The normalized spacial score (nSPS) is 20.7. The summed E-state index contributed by atoms with van der Waals surface area (Å²) in [5, 5.41) is 0. The highest BCUT2D eigenvalue weighted by Crippen LogP contribution is 2.22. The Balaban J connectivity index is 1.89. The number of likely N-dealkylation sites (tertiary alicyclic amines) is 1. The fraction of sp³-hybridized carbons (Fsp3) is 0.471. The number of piperidine rings is 1. The van der Waals surface area contributed by atoms with E-state index in [4.69, 9.17) is 9.47 Å². The van der Waals surface area contributed by atoms with Crippen molar-refractivity contribution in [3.05, 3.63) is 35.9 Å². The number of rotatable bonds is 5. The number of hydrogen-bond acceptors (Lipinski definition) is 5. The van der Waals surface area contributed by atoms with Crippen molar-refractivity contribution in [2.45, 2.75) is 20.0 Å². The van der Waals surface area contributed by atoms with Crippen molar-refractivity contribution in [3.63, 3.8) is 0 Å². The van der Waals surface area contributed by atoms with E-state index >= 15 is 0 Å². The van der Waals surface area contributed by atoms with E-state index in [1.807, 2.05) is 30.3 Å². The third-order valence-corrected chi connectivity index (χ3v) is 3.75. The Morgan fingerprint density at radius 2 is 1.96 bits per heavy atom. The summed E-state index contributed by atoms with van der Waals surface area (Å²) < 4.78 is 10.3. The van der Waals surface area contributed by atoms with Gasteiger partial charge in [-0.2, -0.15) is 0 Å². The number of esters is 1. The summed E-state index contributed by atoms with van der Waals surface area (Å²) in [7, 11) is 0. The first-order valence-corrected chi connectivity index (χ1v) is 7.62. The standard InChI is InChI=1S/C17H21NO5/c1-13(20)22-12-16-7-15(10-19)8-18(9-16)17(21)23-11-14-5-3-2-4-6-14/h2-6,10,15-16H,7-9,11-12H2,1H3/t15-,16+/m0/s1. The van der Waals surface area contributed by atoms with Gasteiger partial charge in [0.1, 0.15) is 12.9 Å². The molecule has 1 heterocycles. The molecule has 23 heavy (non-hydrogen) atoms. The van der Waals surface area contributed by atoms with E-state index in [1.165, 1.54) is 11.8 Å². The zero-order valence-corrected chi connectivity index (χ0v) is 13.1. The molecule has 2 atom stereocenters. The second-order valence-electron chi connectivity index (χ2n) is 5.75. The lowest BCUT2D eigenvalue weighted by Gasteiger charge is -2.34. The molecule has 1 aliphatic rings. The molecule has 0 spiro atoms. The van der Waals surface area contributed by atoms with Gasteiger partial charge < -0.3 is 19.2 Å². The molecule has 1 aliphatic heterocycles. The molecule has 1 saturated heterocycles. The van der Waals surface area contributed by atoms with E-state index in [0.717, 1.165) is 11.8 Å². The van der Waals surface area contributed by atoms with E-state index in [2.05, 4.69) is 0 Å². The van der Waals surface area contributed by atoms with Crippen LogP contribution >= 0.6 is 0 Å². The van der Waals surface area contributed by atoms with Crippen molar-refractivity contribution in [1.82, 2.24) is 4.90 Å². The van der Waals surface area contributed by atoms with Gasteiger partial charge in [-0.05, 0) is 12.0 Å². The van der Waals surface area contributed by atoms with Crippen LogP contribution in [0.4, 0.5) is 4.79 Å². The first-order valence-electron chi connectivity index (χ1n) is 7.62. The highest BCUT2D eigenvalue weighted by molar-refractivity contribution is 5.69. The lowest BCUT2D eigenvalue weighted by molar-refractivity contribution is -0.143. The molecule has 2 rings (SSSR count). The highest BCUT2D eigenvalue weighted by Gasteiger charge is 2.31. The molecule has 1 amide bonds. The van der Waals surface area contributed by atoms with Gasteiger partial charge in [0.05, 0.1) is 6.61 Å². The Hall–Kier alpha value is -2.37. The van der Waals surface area contributed by atoms with Crippen molar-refractivity contribution < 1.29 is 23.9 Å². The van der Waals surface area contributed by atoms with Crippen molar-refractivity contribution in [2.75, 3.05) is 19.7 Å². The smallest absolute Gasteiger partial charge is 0.410 e. The summed E-state index contributed by atoms with van der Waals surface area (Å²) in [6.07, 6.45) is 1.00. The molecular formula is C17H21NO5. The molecule has 1 aromatic carbocycles. The van der Waals surface area contributed by atoms with Crippen LogP contribution < -0.4 is 0 Å². The van der Waals surface area contributed by atoms with E-state index in [9.17, 15) is 14.4 Å². The summed E-state index contributed by atoms with van der Waals surface area (Å²) in [5.41, 5.74) is 0.904. The van der Waals surface area contributed by atoms with Crippen LogP contribution in [-0.2, 0) is 25.7 Å². The minimum absolute atomic E-state index is 0.0490. The quantitative estimate of drug-likeness (QED) is 0.613. The molecule has 0 aromatic heterocycles. The summed E-state index contributed by atoms with van der Waals surface area (Å²) in [4.78, 5) is 35.7. The van der Waals surface area contributed by atoms with E-state index in [0.29, 0.717) is 19.5 Å². The first-order chi connectivity index (χ1) is 11.1. The van der Waals surface area contributed by atoms with Crippen LogP contribution in [0.2, 0.25) is 0 Å². The number of nitrogens with zero attached hydrogens (tertiary/aromatic N) is 1. The van der Waals surface area contributed by atoms with Gasteiger partial charge in [-0.25, -0.2) is 4.79 Å². The molecule has 6 heteroatoms. The summed E-state index contributed by atoms with van der Waals surface area (Å²) in [5.74, 6) is -0.669. The van der Waals surface area contributed by atoms with Gasteiger partial charge in [-0.3, -0.25) is 4.79 Å². The van der Waals surface area contributed by atoms with Gasteiger partial charge in [-0.1, -0.05) is 30.3 Å². The maximum Gasteiger partial charge on any atom is 0.410 e. The van der Waals surface area contributed by atoms with Crippen LogP contribution in [0.3, 0.4) is 0 Å². The molecule has 0 bridgehead atoms. The Labute approximate surface area is 135 Å². The summed E-state index contributed by atoms with van der Waals surface area (Å²) in [6.45, 7) is 2.50. The van der Waals surface area contributed by atoms with Gasteiger partial charge in [0.2, 0.25) is 0 Å². The second-order valence-corrected chi connectivity index (χ2v) is 5.75. The van der Waals surface area contributed by atoms with Gasteiger partial charge in [0.25, 0.3) is 0 Å². The SMILES string of the molecule is CC(=O)OC[C@@H]1C[C@H](C=O)CN(C(=O)OCc2ccccc2)C1. The monoisotopic (exact) mass is 319 g/mol. The molecule has 6 nitrogen and oxygen atoms in total. The number of ether oxygens (including phenoxy) is 2. The van der Waals surface area contributed by atoms with Gasteiger partial charge in [-0.15, -0.1) is 0 Å². The number of aldehydes is 1. The van der Waals surface area contributed by atoms with Crippen molar-refractivity contribution in [1.29, 1.82) is 0 Å². The van der Waals surface area contributed by atoms with Crippen LogP contribution in [0.15, 0.2) is 30.3 Å².